The van der Waals surface area contributed by atoms with E-state index in [1.54, 1.807) is 20.8 Å². The number of ether oxygens (including phenoxy) is 1. The molecule has 0 spiro atoms. The summed E-state index contributed by atoms with van der Waals surface area (Å²) in [5.74, 6) is 6.29. The fourth-order valence-corrected chi connectivity index (χ4v) is 1.68. The highest BCUT2D eigenvalue weighted by molar-refractivity contribution is 5.67. The first kappa shape index (κ1) is 14.9. The van der Waals surface area contributed by atoms with Gasteiger partial charge in [0, 0.05) is 5.56 Å². The average molecular weight is 290 g/mol. The maximum Gasteiger partial charge on any atom is 0.424 e. The third kappa shape index (κ3) is 4.25. The van der Waals surface area contributed by atoms with Crippen LogP contribution < -0.4 is 5.84 Å². The number of aromatic nitrogens is 4. The summed E-state index contributed by atoms with van der Waals surface area (Å²) in [4.78, 5) is 11.8. The molecule has 0 bridgehead atoms. The highest BCUT2D eigenvalue weighted by Gasteiger charge is 2.20. The fraction of sp³-hybridized carbons (Fsp3) is 0.385. The van der Waals surface area contributed by atoms with Crippen molar-refractivity contribution in [2.45, 2.75) is 32.9 Å². The number of rotatable bonds is 3. The minimum absolute atomic E-state index is 0.227. The average Bonchev–Trinajstić information content (AvgIpc) is 2.90. The van der Waals surface area contributed by atoms with Gasteiger partial charge in [-0.25, -0.2) is 20.7 Å². The number of nitrogens with zero attached hydrogens (tertiary/aromatic N) is 4. The third-order valence-corrected chi connectivity index (χ3v) is 2.53. The molecule has 0 aliphatic heterocycles. The van der Waals surface area contributed by atoms with Gasteiger partial charge in [0.15, 0.2) is 5.82 Å². The van der Waals surface area contributed by atoms with Crippen molar-refractivity contribution in [2.24, 2.45) is 5.84 Å². The summed E-state index contributed by atoms with van der Waals surface area (Å²) in [7, 11) is 0. The molecule has 1 amide bonds. The summed E-state index contributed by atoms with van der Waals surface area (Å²) in [6.07, 6.45) is -0.575. The monoisotopic (exact) mass is 290 g/mol. The zero-order chi connectivity index (χ0) is 15.5. The Hall–Kier alpha value is -2.48. The molecule has 1 aromatic heterocycles. The molecule has 2 aromatic rings. The molecular weight excluding hydrogens is 272 g/mol. The zero-order valence-electron chi connectivity index (χ0n) is 12.2. The molecule has 0 aliphatic rings. The number of carbonyl (C=O) groups excluding carboxylic acids is 1. The summed E-state index contributed by atoms with van der Waals surface area (Å²) in [6.45, 7) is 5.59. The van der Waals surface area contributed by atoms with Crippen molar-refractivity contribution in [1.29, 1.82) is 0 Å². The SMILES string of the molecule is CC(C)(C)OC(=O)N(N)Cc1cccc(-c2nnn[nH]2)c1. The number of hydrazine groups is 1. The van der Waals surface area contributed by atoms with Crippen molar-refractivity contribution in [3.05, 3.63) is 29.8 Å². The first-order chi connectivity index (χ1) is 9.85. The van der Waals surface area contributed by atoms with E-state index < -0.39 is 11.7 Å². The second kappa shape index (κ2) is 5.88. The topological polar surface area (TPSA) is 110 Å². The van der Waals surface area contributed by atoms with Gasteiger partial charge < -0.3 is 4.74 Å². The minimum atomic E-state index is -0.581. The molecular formula is C13H18N6O2. The number of benzene rings is 1. The smallest absolute Gasteiger partial charge is 0.424 e. The number of hydrogen-bond acceptors (Lipinski definition) is 6. The first-order valence-corrected chi connectivity index (χ1v) is 6.43. The molecule has 0 unspecified atom stereocenters. The van der Waals surface area contributed by atoms with Gasteiger partial charge in [-0.1, -0.05) is 18.2 Å². The van der Waals surface area contributed by atoms with Crippen LogP contribution in [-0.4, -0.2) is 37.3 Å². The highest BCUT2D eigenvalue weighted by Crippen LogP contribution is 2.16. The van der Waals surface area contributed by atoms with Crippen LogP contribution in [0.3, 0.4) is 0 Å². The summed E-state index contributed by atoms with van der Waals surface area (Å²) >= 11 is 0. The number of amides is 1. The van der Waals surface area contributed by atoms with Crippen molar-refractivity contribution in [3.8, 4) is 11.4 Å². The molecule has 0 aliphatic carbocycles. The summed E-state index contributed by atoms with van der Waals surface area (Å²) in [6, 6.07) is 7.42. The van der Waals surface area contributed by atoms with E-state index in [-0.39, 0.29) is 6.54 Å². The molecule has 0 fully saturated rings. The van der Waals surface area contributed by atoms with Gasteiger partial charge in [0.2, 0.25) is 0 Å². The van der Waals surface area contributed by atoms with E-state index in [9.17, 15) is 4.79 Å². The maximum atomic E-state index is 11.8. The normalized spacial score (nSPS) is 11.2. The molecule has 1 heterocycles. The van der Waals surface area contributed by atoms with Crippen LogP contribution in [0.1, 0.15) is 26.3 Å². The van der Waals surface area contributed by atoms with E-state index in [4.69, 9.17) is 10.6 Å². The largest absolute Gasteiger partial charge is 0.443 e. The predicted molar refractivity (Wildman–Crippen MR) is 75.6 cm³/mol. The number of tetrazole rings is 1. The first-order valence-electron chi connectivity index (χ1n) is 6.43. The molecule has 112 valence electrons. The summed E-state index contributed by atoms with van der Waals surface area (Å²) in [5.41, 5.74) is 1.08. The number of nitrogens with two attached hydrogens (primary N) is 1. The molecule has 0 atom stereocenters. The van der Waals surface area contributed by atoms with E-state index in [0.29, 0.717) is 5.82 Å². The molecule has 8 nitrogen and oxygen atoms in total. The standard InChI is InChI=1S/C13H18N6O2/c1-13(2,3)21-12(20)19(14)8-9-5-4-6-10(7-9)11-15-17-18-16-11/h4-7H,8,14H2,1-3H3,(H,15,16,17,18). The van der Waals surface area contributed by atoms with Crippen LogP contribution in [0, 0.1) is 0 Å². The molecule has 0 radical (unpaired) electrons. The molecule has 0 saturated carbocycles. The quantitative estimate of drug-likeness (QED) is 0.503. The maximum absolute atomic E-state index is 11.8. The molecule has 2 rings (SSSR count). The van der Waals surface area contributed by atoms with Gasteiger partial charge in [-0.2, -0.15) is 0 Å². The Morgan fingerprint density at radius 2 is 2.19 bits per heavy atom. The number of H-pyrrole nitrogens is 1. The van der Waals surface area contributed by atoms with Crippen molar-refractivity contribution >= 4 is 6.09 Å². The van der Waals surface area contributed by atoms with Gasteiger partial charge in [-0.3, -0.25) is 0 Å². The highest BCUT2D eigenvalue weighted by atomic mass is 16.6. The van der Waals surface area contributed by atoms with Gasteiger partial charge in [-0.15, -0.1) is 5.10 Å². The lowest BCUT2D eigenvalue weighted by Gasteiger charge is -2.24. The summed E-state index contributed by atoms with van der Waals surface area (Å²) < 4.78 is 5.20. The fourth-order valence-electron chi connectivity index (χ4n) is 1.68. The van der Waals surface area contributed by atoms with Crippen molar-refractivity contribution in [2.75, 3.05) is 0 Å². The van der Waals surface area contributed by atoms with Crippen LogP contribution in [0.2, 0.25) is 0 Å². The number of hydrogen-bond donors (Lipinski definition) is 2. The Morgan fingerprint density at radius 1 is 1.43 bits per heavy atom. The van der Waals surface area contributed by atoms with Crippen LogP contribution >= 0.6 is 0 Å². The van der Waals surface area contributed by atoms with E-state index >= 15 is 0 Å². The van der Waals surface area contributed by atoms with Gasteiger partial charge in [0.25, 0.3) is 0 Å². The Morgan fingerprint density at radius 3 is 2.81 bits per heavy atom. The second-order valence-electron chi connectivity index (χ2n) is 5.56. The van der Waals surface area contributed by atoms with Crippen LogP contribution in [0.25, 0.3) is 11.4 Å². The Kier molecular flexibility index (Phi) is 4.18. The lowest BCUT2D eigenvalue weighted by Crippen LogP contribution is -2.40. The van der Waals surface area contributed by atoms with Gasteiger partial charge in [-0.05, 0) is 42.8 Å². The van der Waals surface area contributed by atoms with E-state index in [1.165, 1.54) is 0 Å². The molecule has 3 N–H and O–H groups in total. The van der Waals surface area contributed by atoms with Gasteiger partial charge in [0.1, 0.15) is 5.60 Å². The number of aromatic amines is 1. The van der Waals surface area contributed by atoms with Crippen LogP contribution in [0.15, 0.2) is 24.3 Å². The Labute approximate surface area is 122 Å². The number of nitrogens with one attached hydrogen (secondary N) is 1. The molecule has 1 aromatic carbocycles. The molecule has 21 heavy (non-hydrogen) atoms. The molecule has 0 saturated heterocycles. The third-order valence-electron chi connectivity index (χ3n) is 2.53. The predicted octanol–water partition coefficient (Wildman–Crippen LogP) is 1.48. The Balaban J connectivity index is 2.06. The van der Waals surface area contributed by atoms with E-state index in [0.717, 1.165) is 16.1 Å². The van der Waals surface area contributed by atoms with Crippen LogP contribution in [0.4, 0.5) is 4.79 Å². The van der Waals surface area contributed by atoms with Crippen molar-refractivity contribution < 1.29 is 9.53 Å². The second-order valence-corrected chi connectivity index (χ2v) is 5.56. The van der Waals surface area contributed by atoms with Crippen molar-refractivity contribution in [1.82, 2.24) is 25.6 Å². The lowest BCUT2D eigenvalue weighted by molar-refractivity contribution is 0.0231. The number of carbonyl (C=O) groups is 1. The summed E-state index contributed by atoms with van der Waals surface area (Å²) in [5, 5.41) is 14.6. The van der Waals surface area contributed by atoms with E-state index in [2.05, 4.69) is 20.6 Å². The van der Waals surface area contributed by atoms with Crippen LogP contribution in [0.5, 0.6) is 0 Å². The van der Waals surface area contributed by atoms with Crippen LogP contribution in [-0.2, 0) is 11.3 Å². The minimum Gasteiger partial charge on any atom is -0.443 e. The van der Waals surface area contributed by atoms with Gasteiger partial charge in [0.05, 0.1) is 6.54 Å². The van der Waals surface area contributed by atoms with E-state index in [1.807, 2.05) is 24.3 Å². The van der Waals surface area contributed by atoms with Gasteiger partial charge >= 0.3 is 6.09 Å². The lowest BCUT2D eigenvalue weighted by atomic mass is 10.1. The zero-order valence-corrected chi connectivity index (χ0v) is 12.2. The van der Waals surface area contributed by atoms with Crippen molar-refractivity contribution in [3.63, 3.8) is 0 Å². The Bertz CT molecular complexity index is 605. The molecule has 8 heteroatoms.